The number of hydrogen-bond acceptors (Lipinski definition) is 0. The van der Waals surface area contributed by atoms with E-state index >= 15 is 0 Å². The molecule has 0 aromatic heterocycles. The molecule has 0 saturated heterocycles. The Balaban J connectivity index is 2.41. The summed E-state index contributed by atoms with van der Waals surface area (Å²) in [5.41, 5.74) is 5.34. The predicted octanol–water partition coefficient (Wildman–Crippen LogP) is 3.54. The van der Waals surface area contributed by atoms with Crippen molar-refractivity contribution < 1.29 is 0 Å². The van der Waals surface area contributed by atoms with Crippen molar-refractivity contribution in [3.63, 3.8) is 0 Å². The van der Waals surface area contributed by atoms with Gasteiger partial charge >= 0.3 is 0 Å². The summed E-state index contributed by atoms with van der Waals surface area (Å²) >= 11 is 0. The van der Waals surface area contributed by atoms with Crippen molar-refractivity contribution in [1.29, 1.82) is 0 Å². The number of benzene rings is 2. The van der Waals surface area contributed by atoms with Crippen molar-refractivity contribution in [1.82, 2.24) is 0 Å². The van der Waals surface area contributed by atoms with Gasteiger partial charge in [-0.3, -0.25) is 0 Å². The third-order valence-corrected chi connectivity index (χ3v) is 3.63. The molecular formula is C14H16P2. The fraction of sp³-hybridized carbons (Fsp3) is 0.143. The van der Waals surface area contributed by atoms with E-state index in [0.717, 1.165) is 6.16 Å². The van der Waals surface area contributed by atoms with E-state index in [4.69, 9.17) is 0 Å². The lowest BCUT2D eigenvalue weighted by atomic mass is 10.0. The minimum Gasteiger partial charge on any atom is -0.133 e. The quantitative estimate of drug-likeness (QED) is 0.711. The zero-order valence-corrected chi connectivity index (χ0v) is 11.7. The summed E-state index contributed by atoms with van der Waals surface area (Å²) < 4.78 is 0. The van der Waals surface area contributed by atoms with Gasteiger partial charge in [-0.05, 0) is 40.6 Å². The maximum absolute atomic E-state index is 2.78. The Morgan fingerprint density at radius 2 is 1.56 bits per heavy atom. The van der Waals surface area contributed by atoms with Crippen molar-refractivity contribution in [2.24, 2.45) is 0 Å². The van der Waals surface area contributed by atoms with Crippen LogP contribution in [0.15, 0.2) is 42.5 Å². The van der Waals surface area contributed by atoms with Gasteiger partial charge < -0.3 is 0 Å². The molecule has 0 aliphatic rings. The SMILES string of the molecule is Cc1cc(-c2ccc(P)cc2)ccc1CP. The molecule has 2 rings (SSSR count). The smallest absolute Gasteiger partial charge is 0.0126 e. The van der Waals surface area contributed by atoms with E-state index in [1.807, 2.05) is 0 Å². The van der Waals surface area contributed by atoms with Crippen LogP contribution in [-0.4, -0.2) is 0 Å². The summed E-state index contributed by atoms with van der Waals surface area (Å²) in [6.45, 7) is 2.17. The molecule has 0 fully saturated rings. The van der Waals surface area contributed by atoms with Gasteiger partial charge in [-0.1, -0.05) is 42.5 Å². The second-order valence-corrected chi connectivity index (χ2v) is 5.04. The first-order valence-electron chi connectivity index (χ1n) is 5.36. The molecule has 0 saturated carbocycles. The highest BCUT2D eigenvalue weighted by atomic mass is 31.0. The van der Waals surface area contributed by atoms with Crippen LogP contribution in [0.3, 0.4) is 0 Å². The van der Waals surface area contributed by atoms with Gasteiger partial charge in [0.05, 0.1) is 0 Å². The summed E-state index contributed by atoms with van der Waals surface area (Å²) in [5, 5.41) is 1.22. The van der Waals surface area contributed by atoms with E-state index in [1.165, 1.54) is 27.6 Å². The Morgan fingerprint density at radius 1 is 0.938 bits per heavy atom. The molecule has 2 aromatic rings. The van der Waals surface area contributed by atoms with Crippen molar-refractivity contribution >= 4 is 23.8 Å². The van der Waals surface area contributed by atoms with Gasteiger partial charge in [0.25, 0.3) is 0 Å². The van der Waals surface area contributed by atoms with E-state index in [1.54, 1.807) is 0 Å². The van der Waals surface area contributed by atoms with Gasteiger partial charge in [0, 0.05) is 0 Å². The van der Waals surface area contributed by atoms with Crippen LogP contribution < -0.4 is 5.30 Å². The molecule has 16 heavy (non-hydrogen) atoms. The van der Waals surface area contributed by atoms with Crippen LogP contribution in [0.25, 0.3) is 11.1 Å². The molecule has 0 aliphatic heterocycles. The Morgan fingerprint density at radius 3 is 2.12 bits per heavy atom. The molecule has 0 bridgehead atoms. The maximum atomic E-state index is 2.78. The molecule has 2 aromatic carbocycles. The van der Waals surface area contributed by atoms with Crippen LogP contribution in [-0.2, 0) is 6.16 Å². The van der Waals surface area contributed by atoms with E-state index in [-0.39, 0.29) is 0 Å². The van der Waals surface area contributed by atoms with Gasteiger partial charge in [-0.25, -0.2) is 0 Å². The zero-order chi connectivity index (χ0) is 11.5. The summed E-state index contributed by atoms with van der Waals surface area (Å²) in [4.78, 5) is 0. The highest BCUT2D eigenvalue weighted by Gasteiger charge is 2.00. The molecule has 0 nitrogen and oxygen atoms in total. The Kier molecular flexibility index (Phi) is 3.74. The molecule has 0 spiro atoms. The van der Waals surface area contributed by atoms with Crippen LogP contribution in [0, 0.1) is 6.92 Å². The maximum Gasteiger partial charge on any atom is -0.0126 e. The van der Waals surface area contributed by atoms with Crippen molar-refractivity contribution in [2.75, 3.05) is 0 Å². The molecule has 82 valence electrons. The van der Waals surface area contributed by atoms with Crippen LogP contribution in [0.1, 0.15) is 11.1 Å². The fourth-order valence-electron chi connectivity index (χ4n) is 1.78. The molecular weight excluding hydrogens is 230 g/mol. The first-order chi connectivity index (χ1) is 7.70. The predicted molar refractivity (Wildman–Crippen MR) is 79.4 cm³/mol. The Hall–Kier alpha value is -0.700. The van der Waals surface area contributed by atoms with Gasteiger partial charge in [0.1, 0.15) is 0 Å². The van der Waals surface area contributed by atoms with Gasteiger partial charge in [-0.15, -0.1) is 18.5 Å². The lowest BCUT2D eigenvalue weighted by molar-refractivity contribution is 1.31. The number of hydrogen-bond donors (Lipinski definition) is 0. The lowest BCUT2D eigenvalue weighted by Crippen LogP contribution is -1.89. The molecule has 0 aliphatic carbocycles. The van der Waals surface area contributed by atoms with E-state index in [2.05, 4.69) is 67.9 Å². The van der Waals surface area contributed by atoms with Gasteiger partial charge in [-0.2, -0.15) is 0 Å². The van der Waals surface area contributed by atoms with Crippen LogP contribution >= 0.6 is 18.5 Å². The normalized spacial score (nSPS) is 10.4. The van der Waals surface area contributed by atoms with Crippen molar-refractivity contribution in [3.8, 4) is 11.1 Å². The third-order valence-electron chi connectivity index (χ3n) is 2.81. The molecule has 0 N–H and O–H groups in total. The first kappa shape index (κ1) is 11.8. The highest BCUT2D eigenvalue weighted by Crippen LogP contribution is 2.23. The molecule has 0 amide bonds. The summed E-state index contributed by atoms with van der Waals surface area (Å²) in [6.07, 6.45) is 1.02. The molecule has 2 atom stereocenters. The average Bonchev–Trinajstić information content (AvgIpc) is 2.30. The first-order valence-corrected chi connectivity index (χ1v) is 6.75. The monoisotopic (exact) mass is 246 g/mol. The minimum atomic E-state index is 1.02. The Bertz CT molecular complexity index is 487. The van der Waals surface area contributed by atoms with Gasteiger partial charge in [0.15, 0.2) is 0 Å². The molecule has 2 unspecified atom stereocenters. The summed E-state index contributed by atoms with van der Waals surface area (Å²) in [7, 11) is 5.49. The molecule has 0 radical (unpaired) electrons. The standard InChI is InChI=1S/C14H16P2/c1-10-8-12(2-3-13(10)9-15)11-4-6-14(16)7-5-11/h2-8H,9,15-16H2,1H3. The molecule has 0 heterocycles. The minimum absolute atomic E-state index is 1.02. The topological polar surface area (TPSA) is 0 Å². The van der Waals surface area contributed by atoms with Crippen LogP contribution in [0.4, 0.5) is 0 Å². The second-order valence-electron chi connectivity index (χ2n) is 3.97. The van der Waals surface area contributed by atoms with Crippen molar-refractivity contribution in [3.05, 3.63) is 53.6 Å². The van der Waals surface area contributed by atoms with E-state index < -0.39 is 0 Å². The second kappa shape index (κ2) is 5.09. The lowest BCUT2D eigenvalue weighted by Gasteiger charge is -2.07. The van der Waals surface area contributed by atoms with E-state index in [9.17, 15) is 0 Å². The molecule has 2 heteroatoms. The summed E-state index contributed by atoms with van der Waals surface area (Å²) in [5.74, 6) is 0. The average molecular weight is 246 g/mol. The highest BCUT2D eigenvalue weighted by molar-refractivity contribution is 7.27. The Labute approximate surface area is 102 Å². The van der Waals surface area contributed by atoms with Gasteiger partial charge in [0.2, 0.25) is 0 Å². The van der Waals surface area contributed by atoms with Crippen LogP contribution in [0.2, 0.25) is 0 Å². The fourth-order valence-corrected chi connectivity index (χ4v) is 2.43. The van der Waals surface area contributed by atoms with E-state index in [0.29, 0.717) is 0 Å². The van der Waals surface area contributed by atoms with Crippen LogP contribution in [0.5, 0.6) is 0 Å². The largest absolute Gasteiger partial charge is 0.133 e. The third kappa shape index (κ3) is 2.51. The number of aryl methyl sites for hydroxylation is 1. The summed E-state index contributed by atoms with van der Waals surface area (Å²) in [6, 6.07) is 15.3. The number of rotatable bonds is 2. The zero-order valence-electron chi connectivity index (χ0n) is 9.40. The van der Waals surface area contributed by atoms with Crippen molar-refractivity contribution in [2.45, 2.75) is 13.1 Å².